The second-order valence-corrected chi connectivity index (χ2v) is 3.06. The number of aryl methyl sites for hydroxylation is 1. The normalized spacial score (nSPS) is 9.81. The molecule has 0 heterocycles. The zero-order valence-corrected chi connectivity index (χ0v) is 8.47. The molecule has 0 aromatic heterocycles. The minimum atomic E-state index is -1.16. The summed E-state index contributed by atoms with van der Waals surface area (Å²) in [5.74, 6) is -1.16. The van der Waals surface area contributed by atoms with Gasteiger partial charge in [-0.3, -0.25) is 20.4 Å². The van der Waals surface area contributed by atoms with Gasteiger partial charge in [-0.1, -0.05) is 6.07 Å². The Balaban J connectivity index is 2.78. The standard InChI is InChI=1S/C9H10N2O5/c1-6-2-3-7(8(4-6)11(14)15)10-16-5-9(12)13/h2-4,10H,5H2,1H3,(H,12,13). The van der Waals surface area contributed by atoms with E-state index in [4.69, 9.17) is 5.11 Å². The molecule has 1 rings (SSSR count). The van der Waals surface area contributed by atoms with Gasteiger partial charge < -0.3 is 5.11 Å². The molecule has 7 nitrogen and oxygen atoms in total. The summed E-state index contributed by atoms with van der Waals surface area (Å²) in [5, 5.41) is 19.0. The smallest absolute Gasteiger partial charge is 0.332 e. The van der Waals surface area contributed by atoms with E-state index in [1.807, 2.05) is 0 Å². The van der Waals surface area contributed by atoms with Crippen molar-refractivity contribution in [3.63, 3.8) is 0 Å². The first-order chi connectivity index (χ1) is 7.50. The Hall–Kier alpha value is -2.15. The van der Waals surface area contributed by atoms with E-state index in [1.165, 1.54) is 12.1 Å². The predicted molar refractivity (Wildman–Crippen MR) is 55.0 cm³/mol. The summed E-state index contributed by atoms with van der Waals surface area (Å²) in [6, 6.07) is 4.47. The van der Waals surface area contributed by atoms with E-state index in [0.717, 1.165) is 5.56 Å². The summed E-state index contributed by atoms with van der Waals surface area (Å²) in [4.78, 5) is 24.8. The zero-order chi connectivity index (χ0) is 12.1. The van der Waals surface area contributed by atoms with Crippen LogP contribution >= 0.6 is 0 Å². The fraction of sp³-hybridized carbons (Fsp3) is 0.222. The summed E-state index contributed by atoms with van der Waals surface area (Å²) >= 11 is 0. The minimum Gasteiger partial charge on any atom is -0.479 e. The van der Waals surface area contributed by atoms with Crippen LogP contribution in [0.4, 0.5) is 11.4 Å². The summed E-state index contributed by atoms with van der Waals surface area (Å²) in [7, 11) is 0. The molecule has 7 heteroatoms. The Kier molecular flexibility index (Phi) is 3.78. The lowest BCUT2D eigenvalue weighted by molar-refractivity contribution is -0.384. The van der Waals surface area contributed by atoms with E-state index in [2.05, 4.69) is 10.3 Å². The molecule has 0 fully saturated rings. The quantitative estimate of drug-likeness (QED) is 0.580. The Labute approximate surface area is 90.8 Å². The van der Waals surface area contributed by atoms with Gasteiger partial charge in [0.1, 0.15) is 5.69 Å². The molecule has 0 aliphatic rings. The van der Waals surface area contributed by atoms with Crippen LogP contribution in [-0.4, -0.2) is 22.6 Å². The molecule has 1 aromatic rings. The van der Waals surface area contributed by atoms with Crippen LogP contribution < -0.4 is 5.48 Å². The van der Waals surface area contributed by atoms with Gasteiger partial charge in [-0.2, -0.15) is 0 Å². The number of carboxylic acid groups (broad SMARTS) is 1. The molecule has 1 aromatic carbocycles. The van der Waals surface area contributed by atoms with Crippen LogP contribution in [0.15, 0.2) is 18.2 Å². The van der Waals surface area contributed by atoms with Crippen molar-refractivity contribution >= 4 is 17.3 Å². The van der Waals surface area contributed by atoms with Crippen molar-refractivity contribution in [3.8, 4) is 0 Å². The van der Waals surface area contributed by atoms with Crippen LogP contribution in [0, 0.1) is 17.0 Å². The molecule has 0 spiro atoms. The number of hydrogen-bond donors (Lipinski definition) is 2. The van der Waals surface area contributed by atoms with Crippen LogP contribution in [0.3, 0.4) is 0 Å². The van der Waals surface area contributed by atoms with Gasteiger partial charge in [0.15, 0.2) is 6.61 Å². The minimum absolute atomic E-state index is 0.122. The first kappa shape index (κ1) is 11.9. The number of nitrogens with zero attached hydrogens (tertiary/aromatic N) is 1. The van der Waals surface area contributed by atoms with E-state index in [9.17, 15) is 14.9 Å². The summed E-state index contributed by atoms with van der Waals surface area (Å²) in [6.07, 6.45) is 0. The Morgan fingerprint density at radius 3 is 2.88 bits per heavy atom. The zero-order valence-electron chi connectivity index (χ0n) is 8.47. The Morgan fingerprint density at radius 2 is 2.31 bits per heavy atom. The maximum Gasteiger partial charge on any atom is 0.332 e. The number of carboxylic acids is 1. The Morgan fingerprint density at radius 1 is 1.62 bits per heavy atom. The number of anilines is 1. The average Bonchev–Trinajstić information content (AvgIpc) is 2.19. The number of aliphatic carboxylic acids is 1. The number of nitro benzene ring substituents is 1. The first-order valence-electron chi connectivity index (χ1n) is 4.35. The second kappa shape index (κ2) is 5.08. The number of hydrogen-bond acceptors (Lipinski definition) is 5. The molecular weight excluding hydrogens is 216 g/mol. The first-order valence-corrected chi connectivity index (χ1v) is 4.35. The van der Waals surface area contributed by atoms with Gasteiger partial charge in [-0.15, -0.1) is 0 Å². The van der Waals surface area contributed by atoms with E-state index in [1.54, 1.807) is 13.0 Å². The molecule has 0 atom stereocenters. The molecule has 2 N–H and O–H groups in total. The van der Waals surface area contributed by atoms with E-state index >= 15 is 0 Å². The summed E-state index contributed by atoms with van der Waals surface area (Å²) in [5.41, 5.74) is 2.92. The largest absolute Gasteiger partial charge is 0.479 e. The fourth-order valence-electron chi connectivity index (χ4n) is 1.05. The van der Waals surface area contributed by atoms with Crippen molar-refractivity contribution in [1.82, 2.24) is 0 Å². The summed E-state index contributed by atoms with van der Waals surface area (Å²) < 4.78 is 0. The van der Waals surface area contributed by atoms with Crippen molar-refractivity contribution in [2.24, 2.45) is 0 Å². The molecule has 0 unspecified atom stereocenters. The summed E-state index contributed by atoms with van der Waals surface area (Å²) in [6.45, 7) is 1.14. The molecule has 0 bridgehead atoms. The molecule has 0 radical (unpaired) electrons. The third-order valence-electron chi connectivity index (χ3n) is 1.73. The lowest BCUT2D eigenvalue weighted by atomic mass is 10.2. The Bertz CT molecular complexity index is 418. The van der Waals surface area contributed by atoms with Crippen molar-refractivity contribution in [1.29, 1.82) is 0 Å². The van der Waals surface area contributed by atoms with E-state index < -0.39 is 17.5 Å². The second-order valence-electron chi connectivity index (χ2n) is 3.06. The maximum atomic E-state index is 10.7. The van der Waals surface area contributed by atoms with Gasteiger partial charge in [-0.05, 0) is 18.6 Å². The molecule has 0 amide bonds. The topological polar surface area (TPSA) is 102 Å². The fourth-order valence-corrected chi connectivity index (χ4v) is 1.05. The monoisotopic (exact) mass is 226 g/mol. The molecule has 0 aliphatic carbocycles. The lowest BCUT2D eigenvalue weighted by Gasteiger charge is -2.06. The lowest BCUT2D eigenvalue weighted by Crippen LogP contribution is -2.12. The van der Waals surface area contributed by atoms with Crippen LogP contribution in [-0.2, 0) is 9.63 Å². The van der Waals surface area contributed by atoms with Gasteiger partial charge in [0, 0.05) is 6.07 Å². The third-order valence-corrected chi connectivity index (χ3v) is 1.73. The molecule has 0 saturated carbocycles. The average molecular weight is 226 g/mol. The van der Waals surface area contributed by atoms with E-state index in [-0.39, 0.29) is 11.4 Å². The van der Waals surface area contributed by atoms with Gasteiger partial charge in [0.2, 0.25) is 0 Å². The highest BCUT2D eigenvalue weighted by molar-refractivity contribution is 5.68. The van der Waals surface area contributed by atoms with Crippen LogP contribution in [0.5, 0.6) is 0 Å². The number of nitrogens with one attached hydrogen (secondary N) is 1. The number of nitro groups is 1. The van der Waals surface area contributed by atoms with Crippen molar-refractivity contribution < 1.29 is 19.7 Å². The number of rotatable bonds is 5. The van der Waals surface area contributed by atoms with Crippen LogP contribution in [0.2, 0.25) is 0 Å². The highest BCUT2D eigenvalue weighted by Gasteiger charge is 2.13. The molecule has 0 saturated heterocycles. The number of benzene rings is 1. The van der Waals surface area contributed by atoms with Crippen LogP contribution in [0.1, 0.15) is 5.56 Å². The maximum absolute atomic E-state index is 10.7. The molecule has 0 aliphatic heterocycles. The van der Waals surface area contributed by atoms with Gasteiger partial charge in [0.25, 0.3) is 5.69 Å². The van der Waals surface area contributed by atoms with Crippen molar-refractivity contribution in [2.45, 2.75) is 6.92 Å². The SMILES string of the molecule is Cc1ccc(NOCC(=O)O)c([N+](=O)[O-])c1. The van der Waals surface area contributed by atoms with Gasteiger partial charge in [0.05, 0.1) is 4.92 Å². The molecule has 86 valence electrons. The highest BCUT2D eigenvalue weighted by Crippen LogP contribution is 2.24. The highest BCUT2D eigenvalue weighted by atomic mass is 16.7. The van der Waals surface area contributed by atoms with Gasteiger partial charge >= 0.3 is 5.97 Å². The van der Waals surface area contributed by atoms with Crippen molar-refractivity contribution in [2.75, 3.05) is 12.1 Å². The third kappa shape index (κ3) is 3.21. The van der Waals surface area contributed by atoms with Crippen LogP contribution in [0.25, 0.3) is 0 Å². The molecular formula is C9H10N2O5. The van der Waals surface area contributed by atoms with Gasteiger partial charge in [-0.25, -0.2) is 4.79 Å². The number of carbonyl (C=O) groups is 1. The van der Waals surface area contributed by atoms with Crippen molar-refractivity contribution in [3.05, 3.63) is 33.9 Å². The predicted octanol–water partition coefficient (Wildman–Crippen LogP) is 1.33. The molecule has 16 heavy (non-hydrogen) atoms. The van der Waals surface area contributed by atoms with E-state index in [0.29, 0.717) is 0 Å².